The Morgan fingerprint density at radius 2 is 1.96 bits per heavy atom. The van der Waals surface area contributed by atoms with E-state index in [2.05, 4.69) is 18.7 Å². The molecule has 0 bridgehead atoms. The Morgan fingerprint density at radius 3 is 2.62 bits per heavy atom. The number of hydrogen-bond donors (Lipinski definition) is 0. The molecule has 0 saturated carbocycles. The second-order valence-electron chi connectivity index (χ2n) is 8.27. The van der Waals surface area contributed by atoms with Gasteiger partial charge < -0.3 is 14.4 Å². The standard InChI is InChI=1S/C21H30N2O3/c1-16-3-4-19(11-17(16)2)20(24)23-14-21(15-23)6-5-18(13-26-21)12-22-7-9-25-10-8-22/h3-4,11,18H,5-10,12-15H2,1-2H3/t18-/m0/s1. The van der Waals surface area contributed by atoms with Crippen LogP contribution in [0.25, 0.3) is 0 Å². The second-order valence-corrected chi connectivity index (χ2v) is 8.27. The van der Waals surface area contributed by atoms with Crippen molar-refractivity contribution in [2.75, 3.05) is 52.5 Å². The van der Waals surface area contributed by atoms with Crippen LogP contribution in [-0.2, 0) is 9.47 Å². The van der Waals surface area contributed by atoms with Crippen molar-refractivity contribution in [1.29, 1.82) is 0 Å². The van der Waals surface area contributed by atoms with Gasteiger partial charge in [0.1, 0.15) is 5.60 Å². The van der Waals surface area contributed by atoms with E-state index in [-0.39, 0.29) is 11.5 Å². The molecular formula is C21H30N2O3. The molecule has 3 saturated heterocycles. The molecule has 1 aromatic rings. The molecule has 1 spiro atoms. The minimum atomic E-state index is -0.0864. The number of morpholine rings is 1. The average Bonchev–Trinajstić information content (AvgIpc) is 2.63. The molecule has 3 heterocycles. The van der Waals surface area contributed by atoms with Crippen molar-refractivity contribution in [2.24, 2.45) is 5.92 Å². The first-order valence-corrected chi connectivity index (χ1v) is 9.85. The summed E-state index contributed by atoms with van der Waals surface area (Å²) >= 11 is 0. The van der Waals surface area contributed by atoms with E-state index in [1.165, 1.54) is 17.5 Å². The lowest BCUT2D eigenvalue weighted by Crippen LogP contribution is -2.66. The maximum Gasteiger partial charge on any atom is 0.254 e. The summed E-state index contributed by atoms with van der Waals surface area (Å²) in [6.45, 7) is 11.3. The highest BCUT2D eigenvalue weighted by Crippen LogP contribution is 2.37. The zero-order chi connectivity index (χ0) is 18.1. The van der Waals surface area contributed by atoms with Gasteiger partial charge in [0.2, 0.25) is 0 Å². The summed E-state index contributed by atoms with van der Waals surface area (Å²) in [6, 6.07) is 5.98. The van der Waals surface area contributed by atoms with Crippen LogP contribution in [-0.4, -0.2) is 73.9 Å². The van der Waals surface area contributed by atoms with Gasteiger partial charge in [0, 0.05) is 25.2 Å². The summed E-state index contributed by atoms with van der Waals surface area (Å²) in [6.07, 6.45) is 2.27. The van der Waals surface area contributed by atoms with Crippen LogP contribution in [0.15, 0.2) is 18.2 Å². The van der Waals surface area contributed by atoms with Crippen molar-refractivity contribution in [3.63, 3.8) is 0 Å². The molecule has 0 radical (unpaired) electrons. The minimum Gasteiger partial charge on any atom is -0.379 e. The van der Waals surface area contributed by atoms with Gasteiger partial charge in [0.25, 0.3) is 5.91 Å². The van der Waals surface area contributed by atoms with E-state index in [1.54, 1.807) is 0 Å². The molecule has 5 heteroatoms. The van der Waals surface area contributed by atoms with E-state index in [0.29, 0.717) is 5.92 Å². The molecule has 0 unspecified atom stereocenters. The fourth-order valence-electron chi connectivity index (χ4n) is 4.31. The van der Waals surface area contributed by atoms with Gasteiger partial charge in [-0.1, -0.05) is 6.07 Å². The molecule has 1 aromatic carbocycles. The van der Waals surface area contributed by atoms with Gasteiger partial charge in [-0.2, -0.15) is 0 Å². The van der Waals surface area contributed by atoms with E-state index in [0.717, 1.165) is 64.5 Å². The van der Waals surface area contributed by atoms with Crippen molar-refractivity contribution in [3.05, 3.63) is 34.9 Å². The number of hydrogen-bond acceptors (Lipinski definition) is 4. The molecule has 1 amide bonds. The van der Waals surface area contributed by atoms with Crippen molar-refractivity contribution in [1.82, 2.24) is 9.80 Å². The van der Waals surface area contributed by atoms with Crippen molar-refractivity contribution in [2.45, 2.75) is 32.3 Å². The molecule has 142 valence electrons. The monoisotopic (exact) mass is 358 g/mol. The van der Waals surface area contributed by atoms with Gasteiger partial charge in [-0.05, 0) is 55.9 Å². The fourth-order valence-corrected chi connectivity index (χ4v) is 4.31. The number of ether oxygens (including phenoxy) is 2. The Bertz CT molecular complexity index is 653. The first-order chi connectivity index (χ1) is 12.5. The molecule has 1 atom stereocenters. The zero-order valence-corrected chi connectivity index (χ0v) is 16.0. The lowest BCUT2D eigenvalue weighted by atomic mass is 9.82. The van der Waals surface area contributed by atoms with Gasteiger partial charge in [-0.3, -0.25) is 9.69 Å². The van der Waals surface area contributed by atoms with E-state index in [1.807, 2.05) is 23.1 Å². The maximum absolute atomic E-state index is 12.7. The Labute approximate surface area is 156 Å². The number of carbonyl (C=O) groups is 1. The molecule has 3 fully saturated rings. The first kappa shape index (κ1) is 18.0. The van der Waals surface area contributed by atoms with Crippen LogP contribution in [0.1, 0.15) is 34.3 Å². The van der Waals surface area contributed by atoms with Crippen LogP contribution in [0.3, 0.4) is 0 Å². The fraction of sp³-hybridized carbons (Fsp3) is 0.667. The van der Waals surface area contributed by atoms with Crippen molar-refractivity contribution < 1.29 is 14.3 Å². The third-order valence-corrected chi connectivity index (χ3v) is 6.25. The number of rotatable bonds is 3. The topological polar surface area (TPSA) is 42.0 Å². The Balaban J connectivity index is 1.26. The number of aryl methyl sites for hydroxylation is 2. The molecule has 26 heavy (non-hydrogen) atoms. The van der Waals surface area contributed by atoms with Crippen LogP contribution >= 0.6 is 0 Å². The number of benzene rings is 1. The smallest absolute Gasteiger partial charge is 0.254 e. The van der Waals surface area contributed by atoms with Gasteiger partial charge in [0.15, 0.2) is 0 Å². The second kappa shape index (κ2) is 7.29. The summed E-state index contributed by atoms with van der Waals surface area (Å²) in [5.74, 6) is 0.751. The van der Waals surface area contributed by atoms with Crippen LogP contribution in [0, 0.1) is 19.8 Å². The molecule has 3 aliphatic heterocycles. The van der Waals surface area contributed by atoms with E-state index in [4.69, 9.17) is 9.47 Å². The summed E-state index contributed by atoms with van der Waals surface area (Å²) < 4.78 is 11.7. The summed E-state index contributed by atoms with van der Waals surface area (Å²) in [4.78, 5) is 17.1. The van der Waals surface area contributed by atoms with Gasteiger partial charge in [-0.25, -0.2) is 0 Å². The Hall–Kier alpha value is -1.43. The van der Waals surface area contributed by atoms with Gasteiger partial charge >= 0.3 is 0 Å². The third kappa shape index (κ3) is 3.66. The minimum absolute atomic E-state index is 0.0864. The predicted octanol–water partition coefficient (Wildman–Crippen LogP) is 2.26. The quantitative estimate of drug-likeness (QED) is 0.831. The van der Waals surface area contributed by atoms with Crippen LogP contribution in [0.5, 0.6) is 0 Å². The Kier molecular flexibility index (Phi) is 5.04. The average molecular weight is 358 g/mol. The predicted molar refractivity (Wildman–Crippen MR) is 100 cm³/mol. The molecule has 3 aliphatic rings. The first-order valence-electron chi connectivity index (χ1n) is 9.85. The lowest BCUT2D eigenvalue weighted by Gasteiger charge is -2.53. The molecule has 4 rings (SSSR count). The summed E-state index contributed by atoms with van der Waals surface area (Å²) in [5.41, 5.74) is 3.11. The summed E-state index contributed by atoms with van der Waals surface area (Å²) in [5, 5.41) is 0. The SMILES string of the molecule is Cc1ccc(C(=O)N2CC3(CC[C@@H](CN4CCOCC4)CO3)C2)cc1C. The van der Waals surface area contributed by atoms with Crippen molar-refractivity contribution >= 4 is 5.91 Å². The van der Waals surface area contributed by atoms with Crippen LogP contribution in [0.2, 0.25) is 0 Å². The van der Waals surface area contributed by atoms with Gasteiger partial charge in [-0.15, -0.1) is 0 Å². The molecular weight excluding hydrogens is 328 g/mol. The third-order valence-electron chi connectivity index (χ3n) is 6.25. The van der Waals surface area contributed by atoms with Crippen LogP contribution in [0.4, 0.5) is 0 Å². The number of nitrogens with zero attached hydrogens (tertiary/aromatic N) is 2. The zero-order valence-electron chi connectivity index (χ0n) is 16.0. The normalized spacial score (nSPS) is 25.9. The molecule has 0 aromatic heterocycles. The van der Waals surface area contributed by atoms with Crippen molar-refractivity contribution in [3.8, 4) is 0 Å². The molecule has 0 N–H and O–H groups in total. The summed E-state index contributed by atoms with van der Waals surface area (Å²) in [7, 11) is 0. The highest BCUT2D eigenvalue weighted by Gasteiger charge is 2.48. The molecule has 5 nitrogen and oxygen atoms in total. The number of carbonyl (C=O) groups excluding carboxylic acids is 1. The lowest BCUT2D eigenvalue weighted by molar-refractivity contribution is -0.169. The van der Waals surface area contributed by atoms with E-state index < -0.39 is 0 Å². The number of amides is 1. The molecule has 0 aliphatic carbocycles. The number of likely N-dealkylation sites (tertiary alicyclic amines) is 1. The Morgan fingerprint density at radius 1 is 1.19 bits per heavy atom. The van der Waals surface area contributed by atoms with Gasteiger partial charge in [0.05, 0.1) is 32.9 Å². The highest BCUT2D eigenvalue weighted by molar-refractivity contribution is 5.95. The largest absolute Gasteiger partial charge is 0.379 e. The van der Waals surface area contributed by atoms with E-state index >= 15 is 0 Å². The van der Waals surface area contributed by atoms with Crippen LogP contribution < -0.4 is 0 Å². The maximum atomic E-state index is 12.7. The highest BCUT2D eigenvalue weighted by atomic mass is 16.5. The van der Waals surface area contributed by atoms with E-state index in [9.17, 15) is 4.79 Å².